The molecule has 1 heterocycles. The molecule has 0 fully saturated rings. The predicted molar refractivity (Wildman–Crippen MR) is 60.9 cm³/mol. The van der Waals surface area contributed by atoms with Crippen LogP contribution in [0, 0.1) is 0 Å². The Hall–Kier alpha value is -2.37. The van der Waals surface area contributed by atoms with E-state index in [0.29, 0.717) is 6.29 Å². The average Bonchev–Trinajstić information content (AvgIpc) is 2.37. The monoisotopic (exact) mass is 252 g/mol. The number of phenolic OH excluding ortho intramolecular Hbond substituents is 1. The van der Waals surface area contributed by atoms with Crippen molar-refractivity contribution in [2.24, 2.45) is 0 Å². The summed E-state index contributed by atoms with van der Waals surface area (Å²) in [6.45, 7) is -0.895. The summed E-state index contributed by atoms with van der Waals surface area (Å²) in [6.07, 6.45) is 0.325. The number of alkyl halides is 1. The van der Waals surface area contributed by atoms with E-state index in [9.17, 15) is 19.1 Å². The Morgan fingerprint density at radius 2 is 2.22 bits per heavy atom. The molecular weight excluding hydrogens is 243 g/mol. The van der Waals surface area contributed by atoms with Crippen LogP contribution in [0.25, 0.3) is 11.0 Å². The molecule has 1 aromatic heterocycles. The molecule has 0 unspecified atom stereocenters. The molecule has 1 aromatic carbocycles. The molecule has 5 nitrogen and oxygen atoms in total. The first-order valence-corrected chi connectivity index (χ1v) is 5.00. The van der Waals surface area contributed by atoms with Crippen LogP contribution in [-0.4, -0.2) is 18.5 Å². The van der Waals surface area contributed by atoms with Gasteiger partial charge in [-0.3, -0.25) is 4.79 Å². The topological polar surface area (TPSA) is 76.7 Å². The molecule has 0 atom stereocenters. The number of carbonyl (C=O) groups excluding carboxylic acids is 1. The number of benzene rings is 1. The molecule has 0 saturated carbocycles. The fourth-order valence-electron chi connectivity index (χ4n) is 1.72. The lowest BCUT2D eigenvalue weighted by molar-refractivity contribution is 0.112. The maximum atomic E-state index is 12.8. The zero-order valence-corrected chi connectivity index (χ0v) is 9.40. The van der Waals surface area contributed by atoms with Gasteiger partial charge in [0.1, 0.15) is 12.2 Å². The molecule has 18 heavy (non-hydrogen) atoms. The van der Waals surface area contributed by atoms with Gasteiger partial charge in [-0.05, 0) is 6.07 Å². The number of aldehydes is 1. The Balaban J connectivity index is 3.01. The second-order valence-electron chi connectivity index (χ2n) is 3.56. The number of phenols is 1. The first kappa shape index (κ1) is 12.1. The van der Waals surface area contributed by atoms with Gasteiger partial charge in [-0.1, -0.05) is 0 Å². The van der Waals surface area contributed by atoms with E-state index in [-0.39, 0.29) is 27.8 Å². The Morgan fingerprint density at radius 1 is 1.50 bits per heavy atom. The van der Waals surface area contributed by atoms with Gasteiger partial charge in [0.05, 0.1) is 7.11 Å². The van der Waals surface area contributed by atoms with Crippen molar-refractivity contribution in [3.63, 3.8) is 0 Å². The van der Waals surface area contributed by atoms with Gasteiger partial charge in [0.2, 0.25) is 0 Å². The third-order valence-corrected chi connectivity index (χ3v) is 2.58. The number of ether oxygens (including phenoxy) is 1. The van der Waals surface area contributed by atoms with E-state index in [1.54, 1.807) is 0 Å². The highest BCUT2D eigenvalue weighted by Gasteiger charge is 2.17. The molecule has 0 aliphatic carbocycles. The van der Waals surface area contributed by atoms with Gasteiger partial charge in [0, 0.05) is 17.0 Å². The van der Waals surface area contributed by atoms with Crippen LogP contribution in [0.15, 0.2) is 21.3 Å². The minimum absolute atomic E-state index is 0.00755. The standard InChI is InChI=1S/C12H9FO5/c1-17-9-3-7-6(4-13)2-10(15)18-12(7)8(5-14)11(9)16/h2-3,5,16H,4H2,1H3. The van der Waals surface area contributed by atoms with Gasteiger partial charge in [0.15, 0.2) is 23.4 Å². The largest absolute Gasteiger partial charge is 0.504 e. The summed E-state index contributed by atoms with van der Waals surface area (Å²) >= 11 is 0. The fraction of sp³-hybridized carbons (Fsp3) is 0.167. The van der Waals surface area contributed by atoms with Crippen LogP contribution in [0.4, 0.5) is 4.39 Å². The first-order valence-electron chi connectivity index (χ1n) is 5.00. The molecule has 0 bridgehead atoms. The predicted octanol–water partition coefficient (Wildman–Crippen LogP) is 1.79. The third kappa shape index (κ3) is 1.71. The van der Waals surface area contributed by atoms with E-state index in [1.165, 1.54) is 13.2 Å². The van der Waals surface area contributed by atoms with E-state index < -0.39 is 18.0 Å². The van der Waals surface area contributed by atoms with E-state index in [4.69, 9.17) is 9.15 Å². The Kier molecular flexibility index (Phi) is 3.01. The van der Waals surface area contributed by atoms with Gasteiger partial charge >= 0.3 is 5.63 Å². The third-order valence-electron chi connectivity index (χ3n) is 2.58. The average molecular weight is 252 g/mol. The number of halogens is 1. The zero-order valence-electron chi connectivity index (χ0n) is 9.40. The van der Waals surface area contributed by atoms with Crippen LogP contribution < -0.4 is 10.4 Å². The normalized spacial score (nSPS) is 10.6. The summed E-state index contributed by atoms with van der Waals surface area (Å²) < 4.78 is 22.5. The summed E-state index contributed by atoms with van der Waals surface area (Å²) in [4.78, 5) is 22.2. The molecular formula is C12H9FO5. The van der Waals surface area contributed by atoms with Crippen molar-refractivity contribution in [3.8, 4) is 11.5 Å². The van der Waals surface area contributed by atoms with Crippen molar-refractivity contribution >= 4 is 17.3 Å². The molecule has 0 amide bonds. The summed E-state index contributed by atoms with van der Waals surface area (Å²) in [6, 6.07) is 2.31. The number of fused-ring (bicyclic) bond motifs is 1. The van der Waals surface area contributed by atoms with Gasteiger partial charge in [-0.2, -0.15) is 0 Å². The van der Waals surface area contributed by atoms with Crippen molar-refractivity contribution < 1.29 is 23.4 Å². The number of hydrogen-bond acceptors (Lipinski definition) is 5. The molecule has 2 aromatic rings. The van der Waals surface area contributed by atoms with Crippen LogP contribution in [0.2, 0.25) is 0 Å². The molecule has 0 spiro atoms. The molecule has 0 aliphatic heterocycles. The van der Waals surface area contributed by atoms with Crippen molar-refractivity contribution in [3.05, 3.63) is 33.7 Å². The number of hydrogen-bond donors (Lipinski definition) is 1. The lowest BCUT2D eigenvalue weighted by Crippen LogP contribution is -2.02. The van der Waals surface area contributed by atoms with Gasteiger partial charge in [-0.25, -0.2) is 9.18 Å². The molecule has 0 radical (unpaired) electrons. The van der Waals surface area contributed by atoms with Gasteiger partial charge < -0.3 is 14.3 Å². The number of rotatable bonds is 3. The van der Waals surface area contributed by atoms with Crippen molar-refractivity contribution in [1.82, 2.24) is 0 Å². The first-order chi connectivity index (χ1) is 8.62. The Labute approximate surface area is 100 Å². The lowest BCUT2D eigenvalue weighted by Gasteiger charge is -2.09. The summed E-state index contributed by atoms with van der Waals surface area (Å²) in [5.74, 6) is -0.438. The fourth-order valence-corrected chi connectivity index (χ4v) is 1.72. The smallest absolute Gasteiger partial charge is 0.336 e. The minimum Gasteiger partial charge on any atom is -0.504 e. The quantitative estimate of drug-likeness (QED) is 0.665. The van der Waals surface area contributed by atoms with Gasteiger partial charge in [-0.15, -0.1) is 0 Å². The van der Waals surface area contributed by atoms with E-state index in [2.05, 4.69) is 0 Å². The summed E-state index contributed by atoms with van der Waals surface area (Å²) in [7, 11) is 1.30. The van der Waals surface area contributed by atoms with Crippen LogP contribution in [0.3, 0.4) is 0 Å². The van der Waals surface area contributed by atoms with Crippen LogP contribution in [0.1, 0.15) is 15.9 Å². The molecule has 2 rings (SSSR count). The lowest BCUT2D eigenvalue weighted by atomic mass is 10.1. The molecule has 94 valence electrons. The van der Waals surface area contributed by atoms with E-state index in [0.717, 1.165) is 6.07 Å². The minimum atomic E-state index is -0.895. The van der Waals surface area contributed by atoms with E-state index >= 15 is 0 Å². The number of aromatic hydroxyl groups is 1. The number of methoxy groups -OCH3 is 1. The van der Waals surface area contributed by atoms with Crippen molar-refractivity contribution in [2.45, 2.75) is 6.67 Å². The Bertz CT molecular complexity index is 674. The molecule has 0 aliphatic rings. The van der Waals surface area contributed by atoms with Crippen LogP contribution in [-0.2, 0) is 6.67 Å². The van der Waals surface area contributed by atoms with Crippen molar-refractivity contribution in [1.29, 1.82) is 0 Å². The summed E-state index contributed by atoms with van der Waals surface area (Å²) in [5, 5.41) is 9.95. The van der Waals surface area contributed by atoms with Crippen molar-refractivity contribution in [2.75, 3.05) is 7.11 Å². The second kappa shape index (κ2) is 4.48. The second-order valence-corrected chi connectivity index (χ2v) is 3.56. The van der Waals surface area contributed by atoms with Crippen LogP contribution in [0.5, 0.6) is 11.5 Å². The number of carbonyl (C=O) groups is 1. The highest BCUT2D eigenvalue weighted by molar-refractivity contribution is 6.00. The molecule has 1 N–H and O–H groups in total. The SMILES string of the molecule is COc1cc2c(CF)cc(=O)oc2c(C=O)c1O. The summed E-state index contributed by atoms with van der Waals surface area (Å²) in [5.41, 5.74) is -1.11. The highest BCUT2D eigenvalue weighted by Crippen LogP contribution is 2.36. The maximum absolute atomic E-state index is 12.8. The maximum Gasteiger partial charge on any atom is 0.336 e. The molecule has 0 saturated heterocycles. The van der Waals surface area contributed by atoms with E-state index in [1.807, 2.05) is 0 Å². The molecule has 6 heteroatoms. The Morgan fingerprint density at radius 3 is 2.78 bits per heavy atom. The van der Waals surface area contributed by atoms with Gasteiger partial charge in [0.25, 0.3) is 0 Å². The van der Waals surface area contributed by atoms with Crippen LogP contribution >= 0.6 is 0 Å². The zero-order chi connectivity index (χ0) is 13.3. The highest BCUT2D eigenvalue weighted by atomic mass is 19.1.